The summed E-state index contributed by atoms with van der Waals surface area (Å²) >= 11 is 7.27. The number of ether oxygens (including phenoxy) is 3. The number of nitro groups is 1. The molecule has 14 heteroatoms. The van der Waals surface area contributed by atoms with Crippen molar-refractivity contribution in [1.29, 1.82) is 0 Å². The third kappa shape index (κ3) is 4.91. The topological polar surface area (TPSA) is 124 Å². The van der Waals surface area contributed by atoms with E-state index in [4.69, 9.17) is 30.8 Å². The molecule has 2 aromatic carbocycles. The maximum Gasteiger partial charge on any atom is 0.289 e. The van der Waals surface area contributed by atoms with E-state index in [0.717, 1.165) is 22.5 Å². The van der Waals surface area contributed by atoms with Crippen LogP contribution in [0.3, 0.4) is 0 Å². The second-order valence-electron chi connectivity index (χ2n) is 7.69. The summed E-state index contributed by atoms with van der Waals surface area (Å²) in [5.41, 5.74) is 1.06. The Hall–Kier alpha value is -3.13. The van der Waals surface area contributed by atoms with Crippen LogP contribution < -0.4 is 19.1 Å². The normalized spacial score (nSPS) is 14.5. The third-order valence-corrected chi connectivity index (χ3v) is 8.83. The van der Waals surface area contributed by atoms with E-state index in [1.807, 2.05) is 22.4 Å². The van der Waals surface area contributed by atoms with Gasteiger partial charge in [-0.2, -0.15) is 4.31 Å². The summed E-state index contributed by atoms with van der Waals surface area (Å²) in [5, 5.41) is 13.7. The Morgan fingerprint density at radius 3 is 2.22 bits per heavy atom. The summed E-state index contributed by atoms with van der Waals surface area (Å²) < 4.78 is 43.7. The van der Waals surface area contributed by atoms with Crippen molar-refractivity contribution >= 4 is 43.8 Å². The molecule has 0 atom stereocenters. The maximum absolute atomic E-state index is 13.1. The first-order valence-electron chi connectivity index (χ1n) is 10.6. The highest BCUT2D eigenvalue weighted by Gasteiger charge is 2.31. The molecular weight excluding hydrogens is 532 g/mol. The van der Waals surface area contributed by atoms with Crippen LogP contribution in [0.1, 0.15) is 0 Å². The van der Waals surface area contributed by atoms with E-state index < -0.39 is 20.6 Å². The molecule has 0 amide bonds. The van der Waals surface area contributed by atoms with Gasteiger partial charge in [0.1, 0.15) is 5.02 Å². The zero-order valence-corrected chi connectivity index (χ0v) is 22.0. The molecule has 36 heavy (non-hydrogen) atoms. The van der Waals surface area contributed by atoms with Crippen molar-refractivity contribution in [3.8, 4) is 28.5 Å². The second kappa shape index (κ2) is 10.5. The van der Waals surface area contributed by atoms with E-state index in [1.54, 1.807) is 14.2 Å². The highest BCUT2D eigenvalue weighted by molar-refractivity contribution is 7.89. The van der Waals surface area contributed by atoms with Crippen molar-refractivity contribution < 1.29 is 27.6 Å². The number of nitro benzene ring substituents is 1. The average molecular weight is 555 g/mol. The first-order chi connectivity index (χ1) is 17.2. The van der Waals surface area contributed by atoms with Crippen LogP contribution in [-0.4, -0.2) is 70.1 Å². The van der Waals surface area contributed by atoms with Gasteiger partial charge < -0.3 is 19.1 Å². The highest BCUT2D eigenvalue weighted by Crippen LogP contribution is 2.42. The van der Waals surface area contributed by atoms with Crippen LogP contribution in [-0.2, 0) is 10.0 Å². The van der Waals surface area contributed by atoms with Gasteiger partial charge in [0.05, 0.1) is 36.8 Å². The summed E-state index contributed by atoms with van der Waals surface area (Å²) in [5.74, 6) is 1.52. The molecular formula is C22H23ClN4O7S2. The zero-order valence-electron chi connectivity index (χ0n) is 19.6. The van der Waals surface area contributed by atoms with E-state index in [0.29, 0.717) is 30.3 Å². The number of hydrogen-bond acceptors (Lipinski definition) is 10. The van der Waals surface area contributed by atoms with Crippen molar-refractivity contribution in [1.82, 2.24) is 9.29 Å². The first-order valence-corrected chi connectivity index (χ1v) is 13.3. The molecule has 11 nitrogen and oxygen atoms in total. The van der Waals surface area contributed by atoms with Gasteiger partial charge in [0.15, 0.2) is 16.6 Å². The van der Waals surface area contributed by atoms with Gasteiger partial charge in [-0.1, -0.05) is 11.6 Å². The molecule has 192 valence electrons. The van der Waals surface area contributed by atoms with Gasteiger partial charge in [-0.3, -0.25) is 10.1 Å². The monoisotopic (exact) mass is 554 g/mol. The van der Waals surface area contributed by atoms with Crippen molar-refractivity contribution in [2.45, 2.75) is 4.90 Å². The SMILES string of the molecule is COc1cc(-c2csc(N3CCN(S(=O)(=O)c4ccc(Cl)c([N+](=O)[O-])c4)CC3)n2)cc(OC)c1OC. The summed E-state index contributed by atoms with van der Waals surface area (Å²) in [4.78, 5) is 17.0. The molecule has 1 saturated heterocycles. The quantitative estimate of drug-likeness (QED) is 0.301. The van der Waals surface area contributed by atoms with Gasteiger partial charge in [-0.15, -0.1) is 11.3 Å². The van der Waals surface area contributed by atoms with Crippen molar-refractivity contribution in [2.24, 2.45) is 0 Å². The molecule has 1 fully saturated rings. The number of anilines is 1. The number of methoxy groups -OCH3 is 3. The van der Waals surface area contributed by atoms with E-state index in [2.05, 4.69) is 0 Å². The van der Waals surface area contributed by atoms with Crippen LogP contribution in [0.15, 0.2) is 40.6 Å². The van der Waals surface area contributed by atoms with Gasteiger partial charge in [0.2, 0.25) is 15.8 Å². The van der Waals surface area contributed by atoms with Gasteiger partial charge >= 0.3 is 0 Å². The van der Waals surface area contributed by atoms with Crippen LogP contribution in [0.2, 0.25) is 5.02 Å². The molecule has 0 unspecified atom stereocenters. The molecule has 0 N–H and O–H groups in total. The molecule has 0 radical (unpaired) electrons. The fraction of sp³-hybridized carbons (Fsp3) is 0.318. The van der Waals surface area contributed by atoms with E-state index >= 15 is 0 Å². The number of piperazine rings is 1. The molecule has 1 aliphatic rings. The van der Waals surface area contributed by atoms with Crippen molar-refractivity contribution in [3.05, 3.63) is 50.8 Å². The fourth-order valence-electron chi connectivity index (χ4n) is 3.83. The lowest BCUT2D eigenvalue weighted by molar-refractivity contribution is -0.384. The van der Waals surface area contributed by atoms with Gasteiger partial charge in [-0.25, -0.2) is 13.4 Å². The Labute approximate surface area is 217 Å². The summed E-state index contributed by atoms with van der Waals surface area (Å²) in [6.07, 6.45) is 0. The number of hydrogen-bond donors (Lipinski definition) is 0. The van der Waals surface area contributed by atoms with Crippen LogP contribution in [0, 0.1) is 10.1 Å². The highest BCUT2D eigenvalue weighted by atomic mass is 35.5. The number of halogens is 1. The smallest absolute Gasteiger partial charge is 0.289 e. The van der Waals surface area contributed by atoms with Crippen molar-refractivity contribution in [2.75, 3.05) is 52.4 Å². The van der Waals surface area contributed by atoms with E-state index in [1.165, 1.54) is 34.9 Å². The zero-order chi connectivity index (χ0) is 26.0. The Morgan fingerprint density at radius 1 is 1.03 bits per heavy atom. The lowest BCUT2D eigenvalue weighted by atomic mass is 10.1. The van der Waals surface area contributed by atoms with E-state index in [-0.39, 0.29) is 23.0 Å². The molecule has 0 spiro atoms. The number of rotatable bonds is 8. The molecule has 0 aliphatic carbocycles. The fourth-order valence-corrected chi connectivity index (χ4v) is 6.35. The minimum atomic E-state index is -3.91. The minimum Gasteiger partial charge on any atom is -0.493 e. The minimum absolute atomic E-state index is 0.115. The first kappa shape index (κ1) is 25.9. The molecule has 2 heterocycles. The predicted octanol–water partition coefficient (Wildman–Crippen LogP) is 3.91. The number of sulfonamides is 1. The van der Waals surface area contributed by atoms with Gasteiger partial charge in [0.25, 0.3) is 5.69 Å². The Morgan fingerprint density at radius 2 is 1.67 bits per heavy atom. The Kier molecular flexibility index (Phi) is 7.54. The van der Waals surface area contributed by atoms with Gasteiger partial charge in [-0.05, 0) is 24.3 Å². The maximum atomic E-state index is 13.1. The lowest BCUT2D eigenvalue weighted by Gasteiger charge is -2.33. The molecule has 4 rings (SSSR count). The van der Waals surface area contributed by atoms with Gasteiger partial charge in [0, 0.05) is 43.2 Å². The molecule has 1 aliphatic heterocycles. The van der Waals surface area contributed by atoms with Crippen LogP contribution in [0.25, 0.3) is 11.3 Å². The largest absolute Gasteiger partial charge is 0.493 e. The molecule has 0 bridgehead atoms. The lowest BCUT2D eigenvalue weighted by Crippen LogP contribution is -2.48. The van der Waals surface area contributed by atoms with Crippen LogP contribution >= 0.6 is 22.9 Å². The second-order valence-corrected chi connectivity index (χ2v) is 10.9. The summed E-state index contributed by atoms with van der Waals surface area (Å²) in [7, 11) is 0.713. The standard InChI is InChI=1S/C22H23ClN4O7S2/c1-32-19-10-14(11-20(33-2)21(19)34-3)17-13-35-22(24-17)25-6-8-26(9-7-25)36(30,31)15-4-5-16(23)18(12-15)27(28)29/h4-5,10-13H,6-9H2,1-3H3. The van der Waals surface area contributed by atoms with E-state index in [9.17, 15) is 18.5 Å². The van der Waals surface area contributed by atoms with Crippen molar-refractivity contribution in [3.63, 3.8) is 0 Å². The number of thiazole rings is 1. The predicted molar refractivity (Wildman–Crippen MR) is 136 cm³/mol. The molecule has 0 saturated carbocycles. The van der Waals surface area contributed by atoms with Crippen LogP contribution in [0.5, 0.6) is 17.2 Å². The van der Waals surface area contributed by atoms with Crippen LogP contribution in [0.4, 0.5) is 10.8 Å². The summed E-state index contributed by atoms with van der Waals surface area (Å²) in [6, 6.07) is 7.13. The number of benzene rings is 2. The third-order valence-electron chi connectivity index (χ3n) is 5.71. The number of nitrogens with zero attached hydrogens (tertiary/aromatic N) is 4. The Bertz CT molecular complexity index is 1360. The molecule has 1 aromatic heterocycles. The molecule has 3 aromatic rings. The average Bonchev–Trinajstić information content (AvgIpc) is 3.38. The Balaban J connectivity index is 1.50. The summed E-state index contributed by atoms with van der Waals surface area (Å²) in [6.45, 7) is 1.24. The number of aromatic nitrogens is 1.